The number of rotatable bonds is 5. The summed E-state index contributed by atoms with van der Waals surface area (Å²) in [5.41, 5.74) is 1.24. The number of nitrogens with one attached hydrogen (secondary N) is 3. The van der Waals surface area contributed by atoms with E-state index in [-0.39, 0.29) is 12.0 Å². The molecule has 0 saturated carbocycles. The average Bonchev–Trinajstić information content (AvgIpc) is 3.28. The van der Waals surface area contributed by atoms with Gasteiger partial charge < -0.3 is 5.32 Å². The lowest BCUT2D eigenvalue weighted by Gasteiger charge is -2.25. The van der Waals surface area contributed by atoms with Gasteiger partial charge in [-0.05, 0) is 55.8 Å². The van der Waals surface area contributed by atoms with E-state index in [1.54, 1.807) is 67.1 Å². The Hall–Kier alpha value is -3.41. The molecule has 0 spiro atoms. The largest absolute Gasteiger partial charge is 0.324 e. The quantitative estimate of drug-likeness (QED) is 0.438. The summed E-state index contributed by atoms with van der Waals surface area (Å²) in [4.78, 5) is 24.8. The van der Waals surface area contributed by atoms with Crippen molar-refractivity contribution in [1.82, 2.24) is 18.8 Å². The number of aromatic nitrogens is 2. The van der Waals surface area contributed by atoms with Crippen molar-refractivity contribution < 1.29 is 18.0 Å². The summed E-state index contributed by atoms with van der Waals surface area (Å²) in [6.45, 7) is 9.21. The molecule has 196 valence electrons. The Morgan fingerprint density at radius 2 is 1.68 bits per heavy atom. The number of hydrogen-bond acceptors (Lipinski definition) is 5. The van der Waals surface area contributed by atoms with Crippen molar-refractivity contribution in [3.8, 4) is 5.69 Å². The lowest BCUT2D eigenvalue weighted by molar-refractivity contribution is -0.125. The number of nitrogens with zero attached hydrogens (tertiary/aromatic N) is 3. The average molecular weight is 545 g/mol. The van der Waals surface area contributed by atoms with Gasteiger partial charge in [0.25, 0.3) is 5.91 Å². The van der Waals surface area contributed by atoms with Crippen LogP contribution in [0.3, 0.4) is 0 Å². The zero-order chi connectivity index (χ0) is 27.2. The van der Waals surface area contributed by atoms with Crippen molar-refractivity contribution in [2.24, 2.45) is 0 Å². The molecule has 4 rings (SSSR count). The first-order valence-electron chi connectivity index (χ1n) is 11.6. The molecule has 1 fully saturated rings. The molecule has 2 heterocycles. The first-order valence-corrected chi connectivity index (χ1v) is 13.4. The summed E-state index contributed by atoms with van der Waals surface area (Å²) in [6, 6.07) is 15.2. The molecule has 1 saturated heterocycles. The molecule has 0 atom stereocenters. The van der Waals surface area contributed by atoms with E-state index in [4.69, 9.17) is 16.7 Å². The fourth-order valence-electron chi connectivity index (χ4n) is 3.75. The van der Waals surface area contributed by atoms with E-state index in [9.17, 15) is 18.0 Å². The molecule has 37 heavy (non-hydrogen) atoms. The summed E-state index contributed by atoms with van der Waals surface area (Å²) in [6.07, 6.45) is 0. The molecule has 2 aromatic carbocycles. The second-order valence-corrected chi connectivity index (χ2v) is 12.4. The summed E-state index contributed by atoms with van der Waals surface area (Å²) in [7, 11) is -3.91. The van der Waals surface area contributed by atoms with Crippen molar-refractivity contribution >= 4 is 45.3 Å². The van der Waals surface area contributed by atoms with Crippen LogP contribution in [0.15, 0.2) is 54.6 Å². The van der Waals surface area contributed by atoms with Crippen molar-refractivity contribution in [3.05, 3.63) is 70.9 Å². The summed E-state index contributed by atoms with van der Waals surface area (Å²) in [5.74, 6) is -0.106. The van der Waals surface area contributed by atoms with Crippen LogP contribution in [0, 0.1) is 0 Å². The maximum Gasteiger partial charge on any atom is 0.324 e. The van der Waals surface area contributed by atoms with Gasteiger partial charge in [0.1, 0.15) is 11.4 Å². The molecule has 3 N–H and O–H groups in total. The van der Waals surface area contributed by atoms with Crippen LogP contribution < -0.4 is 15.4 Å². The number of halogens is 1. The Kier molecular flexibility index (Phi) is 6.82. The fraction of sp³-hybridized carbons (Fsp3) is 0.320. The van der Waals surface area contributed by atoms with Gasteiger partial charge in [0.05, 0.1) is 11.4 Å². The number of carbonyl (C=O) groups is 2. The van der Waals surface area contributed by atoms with E-state index >= 15 is 0 Å². The highest BCUT2D eigenvalue weighted by Crippen LogP contribution is 2.29. The predicted octanol–water partition coefficient (Wildman–Crippen LogP) is 4.42. The highest BCUT2D eigenvalue weighted by Gasteiger charge is 2.50. The number of urea groups is 1. The Balaban J connectivity index is 1.59. The molecule has 0 radical (unpaired) electrons. The molecule has 12 heteroatoms. The highest BCUT2D eigenvalue weighted by atomic mass is 35.5. The number of hydrogen-bond donors (Lipinski definition) is 3. The smallest absolute Gasteiger partial charge is 0.308 e. The molecule has 1 aliphatic rings. The van der Waals surface area contributed by atoms with E-state index < -0.39 is 27.7 Å². The van der Waals surface area contributed by atoms with Crippen molar-refractivity contribution in [2.45, 2.75) is 52.1 Å². The highest BCUT2D eigenvalue weighted by molar-refractivity contribution is 7.88. The Labute approximate surface area is 221 Å². The molecule has 1 aliphatic heterocycles. The van der Waals surface area contributed by atoms with Gasteiger partial charge in [-0.3, -0.25) is 10.1 Å². The van der Waals surface area contributed by atoms with Crippen LogP contribution >= 0.6 is 11.6 Å². The minimum atomic E-state index is -3.91. The van der Waals surface area contributed by atoms with Crippen LogP contribution in [0.25, 0.3) is 5.69 Å². The molecule has 0 aliphatic carbocycles. The Morgan fingerprint density at radius 3 is 2.22 bits per heavy atom. The van der Waals surface area contributed by atoms with Crippen molar-refractivity contribution in [3.63, 3.8) is 0 Å². The number of carbonyl (C=O) groups excluding carboxylic acids is 2. The normalized spacial score (nSPS) is 16.9. The van der Waals surface area contributed by atoms with Gasteiger partial charge in [0, 0.05) is 28.7 Å². The first-order chi connectivity index (χ1) is 17.2. The van der Waals surface area contributed by atoms with E-state index in [1.165, 1.54) is 0 Å². The standard InChI is InChI=1S/C25H29ClN6O4S/c1-24(2,3)20-14-21(28-23(34)27-18-10-8-17(26)9-11-18)32(29-20)19-12-6-16(7-13-19)15-31-25(4,5)22(33)30-37(31,35)36/h6-14H,15H2,1-5H3,(H,30,33)(H2,27,28,34). The fourth-order valence-corrected chi connectivity index (χ4v) is 5.47. The SMILES string of the molecule is CC(C)(C)c1cc(NC(=O)Nc2ccc(Cl)cc2)n(-c2ccc(CN3C(C)(C)C(=O)NS3(=O)=O)cc2)n1. The Bertz CT molecular complexity index is 1440. The van der Waals surface area contributed by atoms with Gasteiger partial charge >= 0.3 is 16.2 Å². The lowest BCUT2D eigenvalue weighted by Crippen LogP contribution is -2.43. The second kappa shape index (κ2) is 9.47. The molecular formula is C25H29ClN6O4S. The predicted molar refractivity (Wildman–Crippen MR) is 143 cm³/mol. The molecule has 10 nitrogen and oxygen atoms in total. The third-order valence-electron chi connectivity index (χ3n) is 6.02. The number of anilines is 2. The number of benzene rings is 2. The van der Waals surface area contributed by atoms with E-state index in [0.29, 0.717) is 27.8 Å². The first kappa shape index (κ1) is 26.6. The van der Waals surface area contributed by atoms with Crippen LogP contribution in [-0.2, 0) is 27.0 Å². The van der Waals surface area contributed by atoms with Crippen LogP contribution in [0.1, 0.15) is 45.9 Å². The topological polar surface area (TPSA) is 125 Å². The van der Waals surface area contributed by atoms with Gasteiger partial charge in [-0.1, -0.05) is 44.5 Å². The van der Waals surface area contributed by atoms with Gasteiger partial charge in [0.2, 0.25) is 0 Å². The van der Waals surface area contributed by atoms with E-state index in [2.05, 4.69) is 10.6 Å². The molecule has 1 aromatic heterocycles. The van der Waals surface area contributed by atoms with Crippen molar-refractivity contribution in [1.29, 1.82) is 0 Å². The van der Waals surface area contributed by atoms with Crippen LogP contribution in [0.4, 0.5) is 16.3 Å². The monoisotopic (exact) mass is 544 g/mol. The van der Waals surface area contributed by atoms with Gasteiger partial charge in [-0.25, -0.2) is 14.2 Å². The van der Waals surface area contributed by atoms with Gasteiger partial charge in [0.15, 0.2) is 0 Å². The van der Waals surface area contributed by atoms with E-state index in [0.717, 1.165) is 10.00 Å². The van der Waals surface area contributed by atoms with Crippen LogP contribution in [0.2, 0.25) is 5.02 Å². The van der Waals surface area contributed by atoms with Gasteiger partial charge in [-0.2, -0.15) is 17.8 Å². The molecular weight excluding hydrogens is 516 g/mol. The molecule has 0 bridgehead atoms. The third-order valence-corrected chi connectivity index (χ3v) is 7.88. The zero-order valence-corrected chi connectivity index (χ0v) is 22.7. The minimum absolute atomic E-state index is 0.0231. The number of amides is 3. The maximum atomic E-state index is 12.7. The third kappa shape index (κ3) is 5.63. The minimum Gasteiger partial charge on any atom is -0.308 e. The van der Waals surface area contributed by atoms with Gasteiger partial charge in [-0.15, -0.1) is 0 Å². The second-order valence-electron chi connectivity index (χ2n) is 10.3. The molecule has 3 amide bonds. The van der Waals surface area contributed by atoms with Crippen LogP contribution in [0.5, 0.6) is 0 Å². The molecule has 3 aromatic rings. The lowest BCUT2D eigenvalue weighted by atomic mass is 9.92. The summed E-state index contributed by atoms with van der Waals surface area (Å²) < 4.78 is 29.6. The van der Waals surface area contributed by atoms with E-state index in [1.807, 2.05) is 31.6 Å². The Morgan fingerprint density at radius 1 is 1.05 bits per heavy atom. The zero-order valence-electron chi connectivity index (χ0n) is 21.2. The molecule has 0 unspecified atom stereocenters. The van der Waals surface area contributed by atoms with Crippen molar-refractivity contribution in [2.75, 3.05) is 10.6 Å². The van der Waals surface area contributed by atoms with Crippen LogP contribution in [-0.4, -0.2) is 40.0 Å². The summed E-state index contributed by atoms with van der Waals surface area (Å²) in [5, 5.41) is 10.9. The maximum absolute atomic E-state index is 12.7. The summed E-state index contributed by atoms with van der Waals surface area (Å²) >= 11 is 5.91.